The fourth-order valence-corrected chi connectivity index (χ4v) is 3.09. The van der Waals surface area contributed by atoms with Crippen molar-refractivity contribution in [3.05, 3.63) is 17.0 Å². The predicted octanol–water partition coefficient (Wildman–Crippen LogP) is 2.24. The van der Waals surface area contributed by atoms with Crippen molar-refractivity contribution in [2.45, 2.75) is 52.0 Å². The zero-order valence-corrected chi connectivity index (χ0v) is 12.1. The molecular weight excluding hydrogens is 236 g/mol. The van der Waals surface area contributed by atoms with Crippen LogP contribution in [0.15, 0.2) is 0 Å². The van der Waals surface area contributed by atoms with E-state index in [1.54, 1.807) is 0 Å². The second-order valence-corrected chi connectivity index (χ2v) is 5.96. The van der Waals surface area contributed by atoms with Gasteiger partial charge in [-0.05, 0) is 43.7 Å². The summed E-state index contributed by atoms with van der Waals surface area (Å²) in [6, 6.07) is 0. The van der Waals surface area contributed by atoms with Gasteiger partial charge in [0.1, 0.15) is 0 Å². The third kappa shape index (κ3) is 2.59. The third-order valence-corrected chi connectivity index (χ3v) is 4.14. The van der Waals surface area contributed by atoms with Crippen LogP contribution >= 0.6 is 0 Å². The average Bonchev–Trinajstić information content (AvgIpc) is 2.47. The molecule has 0 aliphatic carbocycles. The van der Waals surface area contributed by atoms with Gasteiger partial charge in [0, 0.05) is 19.6 Å². The normalized spacial score (nSPS) is 19.6. The molecule has 0 radical (unpaired) electrons. The number of anilines is 1. The Hall–Kier alpha value is -1.16. The highest BCUT2D eigenvalue weighted by Crippen LogP contribution is 2.26. The highest BCUT2D eigenvalue weighted by atomic mass is 15.3. The van der Waals surface area contributed by atoms with Crippen molar-refractivity contribution in [2.24, 2.45) is 0 Å². The van der Waals surface area contributed by atoms with E-state index in [0.29, 0.717) is 5.92 Å². The lowest BCUT2D eigenvalue weighted by molar-refractivity contribution is 0.556. The number of piperidine rings is 1. The first kappa shape index (κ1) is 12.9. The largest absolute Gasteiger partial charge is 0.341 e. The minimum Gasteiger partial charge on any atom is -0.341 e. The van der Waals surface area contributed by atoms with Gasteiger partial charge in [0.05, 0.1) is 11.4 Å². The smallest absolute Gasteiger partial charge is 0.225 e. The first-order valence-corrected chi connectivity index (χ1v) is 7.61. The van der Waals surface area contributed by atoms with Crippen molar-refractivity contribution in [3.63, 3.8) is 0 Å². The first-order valence-electron chi connectivity index (χ1n) is 7.61. The molecule has 3 heterocycles. The summed E-state index contributed by atoms with van der Waals surface area (Å²) < 4.78 is 0. The standard InChI is InChI=1S/C15H24N4/c1-11(2)14-12-6-7-16-10-13(12)17-15(18-14)19-8-4-3-5-9-19/h11,16H,3-10H2,1-2H3. The Balaban J connectivity index is 1.98. The molecule has 4 nitrogen and oxygen atoms in total. The summed E-state index contributed by atoms with van der Waals surface area (Å²) in [5.41, 5.74) is 3.90. The van der Waals surface area contributed by atoms with Gasteiger partial charge in [0.2, 0.25) is 5.95 Å². The van der Waals surface area contributed by atoms with E-state index in [-0.39, 0.29) is 0 Å². The molecule has 0 aromatic carbocycles. The minimum atomic E-state index is 0.485. The average molecular weight is 260 g/mol. The zero-order valence-electron chi connectivity index (χ0n) is 12.1. The number of hydrogen-bond donors (Lipinski definition) is 1. The number of aromatic nitrogens is 2. The molecule has 3 rings (SSSR count). The maximum atomic E-state index is 4.90. The lowest BCUT2D eigenvalue weighted by Crippen LogP contribution is -2.33. The SMILES string of the molecule is CC(C)c1nc(N2CCCCC2)nc2c1CCNC2. The quantitative estimate of drug-likeness (QED) is 0.885. The molecular formula is C15H24N4. The summed E-state index contributed by atoms with van der Waals surface area (Å²) in [6.45, 7) is 8.67. The van der Waals surface area contributed by atoms with Gasteiger partial charge in [0.15, 0.2) is 0 Å². The van der Waals surface area contributed by atoms with Gasteiger partial charge in [-0.1, -0.05) is 13.8 Å². The molecule has 19 heavy (non-hydrogen) atoms. The van der Waals surface area contributed by atoms with Crippen LogP contribution in [0.4, 0.5) is 5.95 Å². The minimum absolute atomic E-state index is 0.485. The van der Waals surface area contributed by atoms with Crippen LogP contribution in [0.25, 0.3) is 0 Å². The van der Waals surface area contributed by atoms with E-state index in [1.807, 2.05) is 0 Å². The monoisotopic (exact) mass is 260 g/mol. The van der Waals surface area contributed by atoms with Crippen molar-refractivity contribution in [2.75, 3.05) is 24.5 Å². The van der Waals surface area contributed by atoms with Crippen molar-refractivity contribution < 1.29 is 0 Å². The van der Waals surface area contributed by atoms with Gasteiger partial charge in [0.25, 0.3) is 0 Å². The molecule has 2 aliphatic rings. The van der Waals surface area contributed by atoms with Crippen molar-refractivity contribution in [1.82, 2.24) is 15.3 Å². The van der Waals surface area contributed by atoms with Crippen LogP contribution in [0.1, 0.15) is 56.0 Å². The van der Waals surface area contributed by atoms with Gasteiger partial charge in [-0.25, -0.2) is 9.97 Å². The molecule has 4 heteroatoms. The fourth-order valence-electron chi connectivity index (χ4n) is 3.09. The Morgan fingerprint density at radius 3 is 2.63 bits per heavy atom. The third-order valence-electron chi connectivity index (χ3n) is 4.14. The lowest BCUT2D eigenvalue weighted by Gasteiger charge is -2.29. The molecule has 0 atom stereocenters. The Morgan fingerprint density at radius 1 is 1.11 bits per heavy atom. The molecule has 2 aliphatic heterocycles. The second-order valence-electron chi connectivity index (χ2n) is 5.96. The fraction of sp³-hybridized carbons (Fsp3) is 0.733. The molecule has 0 unspecified atom stereocenters. The van der Waals surface area contributed by atoms with Gasteiger partial charge in [-0.3, -0.25) is 0 Å². The summed E-state index contributed by atoms with van der Waals surface area (Å²) >= 11 is 0. The van der Waals surface area contributed by atoms with E-state index in [9.17, 15) is 0 Å². The van der Waals surface area contributed by atoms with Crippen LogP contribution < -0.4 is 10.2 Å². The van der Waals surface area contributed by atoms with E-state index < -0.39 is 0 Å². The van der Waals surface area contributed by atoms with E-state index in [2.05, 4.69) is 24.1 Å². The number of nitrogens with one attached hydrogen (secondary N) is 1. The summed E-state index contributed by atoms with van der Waals surface area (Å²) in [4.78, 5) is 12.1. The maximum absolute atomic E-state index is 4.90. The molecule has 1 N–H and O–H groups in total. The number of rotatable bonds is 2. The Kier molecular flexibility index (Phi) is 3.69. The molecule has 1 fully saturated rings. The topological polar surface area (TPSA) is 41.1 Å². The van der Waals surface area contributed by atoms with Gasteiger partial charge >= 0.3 is 0 Å². The maximum Gasteiger partial charge on any atom is 0.225 e. The highest BCUT2D eigenvalue weighted by molar-refractivity contribution is 5.39. The van der Waals surface area contributed by atoms with Gasteiger partial charge in [-0.2, -0.15) is 0 Å². The summed E-state index contributed by atoms with van der Waals surface area (Å²) in [7, 11) is 0. The van der Waals surface area contributed by atoms with E-state index in [1.165, 1.54) is 36.2 Å². The number of hydrogen-bond acceptors (Lipinski definition) is 4. The van der Waals surface area contributed by atoms with Crippen LogP contribution in [0.3, 0.4) is 0 Å². The molecule has 1 aromatic rings. The molecule has 0 saturated carbocycles. The van der Waals surface area contributed by atoms with Crippen LogP contribution in [0, 0.1) is 0 Å². The van der Waals surface area contributed by atoms with Gasteiger partial charge < -0.3 is 10.2 Å². The summed E-state index contributed by atoms with van der Waals surface area (Å²) in [5, 5.41) is 3.43. The Morgan fingerprint density at radius 2 is 1.89 bits per heavy atom. The van der Waals surface area contributed by atoms with Crippen molar-refractivity contribution >= 4 is 5.95 Å². The number of nitrogens with zero attached hydrogens (tertiary/aromatic N) is 3. The van der Waals surface area contributed by atoms with Gasteiger partial charge in [-0.15, -0.1) is 0 Å². The second kappa shape index (κ2) is 5.45. The van der Waals surface area contributed by atoms with E-state index in [4.69, 9.17) is 9.97 Å². The highest BCUT2D eigenvalue weighted by Gasteiger charge is 2.22. The van der Waals surface area contributed by atoms with Crippen molar-refractivity contribution in [1.29, 1.82) is 0 Å². The molecule has 1 saturated heterocycles. The van der Waals surface area contributed by atoms with Crippen LogP contribution in [-0.4, -0.2) is 29.6 Å². The Labute approximate surface area is 115 Å². The molecule has 104 valence electrons. The van der Waals surface area contributed by atoms with Crippen LogP contribution in [0.2, 0.25) is 0 Å². The molecule has 1 aromatic heterocycles. The van der Waals surface area contributed by atoms with Crippen LogP contribution in [0.5, 0.6) is 0 Å². The molecule has 0 amide bonds. The van der Waals surface area contributed by atoms with E-state index >= 15 is 0 Å². The zero-order chi connectivity index (χ0) is 13.2. The molecule has 0 bridgehead atoms. The summed E-state index contributed by atoms with van der Waals surface area (Å²) in [5.74, 6) is 1.45. The summed E-state index contributed by atoms with van der Waals surface area (Å²) in [6.07, 6.45) is 4.97. The van der Waals surface area contributed by atoms with Crippen LogP contribution in [-0.2, 0) is 13.0 Å². The predicted molar refractivity (Wildman–Crippen MR) is 77.6 cm³/mol. The number of fused-ring (bicyclic) bond motifs is 1. The van der Waals surface area contributed by atoms with E-state index in [0.717, 1.165) is 38.5 Å². The first-order chi connectivity index (χ1) is 9.25. The lowest BCUT2D eigenvalue weighted by atomic mass is 9.97. The Bertz CT molecular complexity index is 450. The molecule has 0 spiro atoms. The van der Waals surface area contributed by atoms with Crippen molar-refractivity contribution in [3.8, 4) is 0 Å².